The molecule has 0 atom stereocenters. The first-order chi connectivity index (χ1) is 16.4. The van der Waals surface area contributed by atoms with Crippen LogP contribution in [0.3, 0.4) is 0 Å². The van der Waals surface area contributed by atoms with Gasteiger partial charge in [-0.2, -0.15) is 4.80 Å². The Bertz CT molecular complexity index is 1170. The maximum absolute atomic E-state index is 12.8. The first-order valence-electron chi connectivity index (χ1n) is 11.8. The summed E-state index contributed by atoms with van der Waals surface area (Å²) in [5.41, 5.74) is 9.44. The van der Waals surface area contributed by atoms with Crippen LogP contribution in [0.15, 0.2) is 36.4 Å². The smallest absolute Gasteiger partial charge is 0.270 e. The molecule has 34 heavy (non-hydrogen) atoms. The highest BCUT2D eigenvalue weighted by atomic mass is 16.2. The monoisotopic (exact) mass is 461 g/mol. The summed E-state index contributed by atoms with van der Waals surface area (Å²) in [7, 11) is 0. The maximum Gasteiger partial charge on any atom is 0.270 e. The molecule has 1 aliphatic carbocycles. The second kappa shape index (κ2) is 10.5. The fourth-order valence-electron chi connectivity index (χ4n) is 4.44. The zero-order valence-corrected chi connectivity index (χ0v) is 19.7. The standard InChI is InChI=1S/C25H31N7O2/c1-3-17-5-4-6-19(12-17)14-27-25(34)22-13-21(11-16(2)28-22)24-29-31-32(30-24)15-18-7-9-20(10-8-18)23(26)33/h4-6,11-13,18,20H,3,7-10,14-15H2,1-2H3,(H2,26,33)(H,27,34)/t18-,20-. The van der Waals surface area contributed by atoms with Crippen LogP contribution < -0.4 is 11.1 Å². The van der Waals surface area contributed by atoms with Gasteiger partial charge in [-0.15, -0.1) is 10.2 Å². The van der Waals surface area contributed by atoms with Gasteiger partial charge in [-0.25, -0.2) is 4.98 Å². The third kappa shape index (κ3) is 5.84. The topological polar surface area (TPSA) is 129 Å². The molecule has 1 aromatic carbocycles. The number of hydrogen-bond acceptors (Lipinski definition) is 6. The fourth-order valence-corrected chi connectivity index (χ4v) is 4.44. The molecule has 2 aromatic heterocycles. The van der Waals surface area contributed by atoms with Gasteiger partial charge in [0.15, 0.2) is 0 Å². The summed E-state index contributed by atoms with van der Waals surface area (Å²) in [5.74, 6) is 0.383. The first-order valence-corrected chi connectivity index (χ1v) is 11.8. The molecule has 9 nitrogen and oxygen atoms in total. The number of aryl methyl sites for hydroxylation is 2. The van der Waals surface area contributed by atoms with Gasteiger partial charge in [0, 0.05) is 23.7 Å². The fraction of sp³-hybridized carbons (Fsp3) is 0.440. The number of pyridine rings is 1. The van der Waals surface area contributed by atoms with E-state index in [-0.39, 0.29) is 17.7 Å². The van der Waals surface area contributed by atoms with Gasteiger partial charge in [0.05, 0.1) is 6.54 Å². The molecule has 9 heteroatoms. The summed E-state index contributed by atoms with van der Waals surface area (Å²) in [6.45, 7) is 5.03. The second-order valence-corrected chi connectivity index (χ2v) is 9.03. The van der Waals surface area contributed by atoms with Crippen LogP contribution in [0.2, 0.25) is 0 Å². The number of aromatic nitrogens is 5. The molecule has 3 N–H and O–H groups in total. The number of carbonyl (C=O) groups excluding carboxylic acids is 2. The van der Waals surface area contributed by atoms with Crippen molar-refractivity contribution in [2.45, 2.75) is 59.0 Å². The summed E-state index contributed by atoms with van der Waals surface area (Å²) < 4.78 is 0. The molecule has 3 aromatic rings. The summed E-state index contributed by atoms with van der Waals surface area (Å²) in [4.78, 5) is 30.1. The van der Waals surface area contributed by atoms with Crippen LogP contribution >= 0.6 is 0 Å². The minimum absolute atomic E-state index is 0.0181. The van der Waals surface area contributed by atoms with Gasteiger partial charge >= 0.3 is 0 Å². The van der Waals surface area contributed by atoms with Crippen molar-refractivity contribution >= 4 is 11.8 Å². The van der Waals surface area contributed by atoms with Gasteiger partial charge < -0.3 is 11.1 Å². The number of amides is 2. The van der Waals surface area contributed by atoms with E-state index in [4.69, 9.17) is 5.73 Å². The number of nitrogens with one attached hydrogen (secondary N) is 1. The van der Waals surface area contributed by atoms with Crippen LogP contribution in [0.5, 0.6) is 0 Å². The Labute approximate surface area is 199 Å². The molecule has 0 aliphatic heterocycles. The highest BCUT2D eigenvalue weighted by Crippen LogP contribution is 2.29. The van der Waals surface area contributed by atoms with Crippen LogP contribution in [0.25, 0.3) is 11.4 Å². The molecule has 0 radical (unpaired) electrons. The van der Waals surface area contributed by atoms with E-state index < -0.39 is 0 Å². The van der Waals surface area contributed by atoms with Crippen LogP contribution in [0.1, 0.15) is 59.9 Å². The molecular weight excluding hydrogens is 430 g/mol. The Balaban J connectivity index is 1.40. The summed E-state index contributed by atoms with van der Waals surface area (Å²) in [5, 5.41) is 15.9. The number of nitrogens with zero attached hydrogens (tertiary/aromatic N) is 5. The van der Waals surface area contributed by atoms with Gasteiger partial charge in [0.1, 0.15) is 5.69 Å². The lowest BCUT2D eigenvalue weighted by Crippen LogP contribution is -2.29. The van der Waals surface area contributed by atoms with E-state index in [9.17, 15) is 9.59 Å². The number of tetrazole rings is 1. The van der Waals surface area contributed by atoms with Crippen LogP contribution in [0, 0.1) is 18.8 Å². The molecule has 178 valence electrons. The number of benzene rings is 1. The molecule has 1 saturated carbocycles. The number of primary amides is 1. The van der Waals surface area contributed by atoms with Crippen molar-refractivity contribution in [3.63, 3.8) is 0 Å². The SMILES string of the molecule is CCc1cccc(CNC(=O)c2cc(-c3nnn(C[C@H]4CC[C@H](C(N)=O)CC4)n3)cc(C)n2)c1. The van der Waals surface area contributed by atoms with Gasteiger partial charge in [0.2, 0.25) is 11.7 Å². The van der Waals surface area contributed by atoms with Crippen molar-refractivity contribution < 1.29 is 9.59 Å². The van der Waals surface area contributed by atoms with Gasteiger partial charge in [-0.3, -0.25) is 9.59 Å². The summed E-state index contributed by atoms with van der Waals surface area (Å²) in [6, 6.07) is 11.7. The quantitative estimate of drug-likeness (QED) is 0.531. The largest absolute Gasteiger partial charge is 0.369 e. The van der Waals surface area contributed by atoms with Gasteiger partial charge in [-0.1, -0.05) is 31.2 Å². The lowest BCUT2D eigenvalue weighted by molar-refractivity contribution is -0.123. The first kappa shape index (κ1) is 23.5. The van der Waals surface area contributed by atoms with Gasteiger partial charge in [-0.05, 0) is 73.4 Å². The van der Waals surface area contributed by atoms with Crippen molar-refractivity contribution in [2.24, 2.45) is 17.6 Å². The minimum Gasteiger partial charge on any atom is -0.369 e. The Hall–Kier alpha value is -3.62. The lowest BCUT2D eigenvalue weighted by Gasteiger charge is -2.25. The number of hydrogen-bond donors (Lipinski definition) is 2. The Kier molecular flexibility index (Phi) is 7.30. The second-order valence-electron chi connectivity index (χ2n) is 9.03. The van der Waals surface area contributed by atoms with E-state index in [2.05, 4.69) is 44.8 Å². The number of carbonyl (C=O) groups is 2. The Morgan fingerprint density at radius 1 is 1.12 bits per heavy atom. The minimum atomic E-state index is -0.245. The molecule has 1 aliphatic rings. The zero-order valence-electron chi connectivity index (χ0n) is 19.7. The van der Waals surface area contributed by atoms with Crippen molar-refractivity contribution in [3.8, 4) is 11.4 Å². The molecule has 0 saturated heterocycles. The predicted octanol–water partition coefficient (Wildman–Crippen LogP) is 2.83. The van der Waals surface area contributed by atoms with E-state index in [0.717, 1.165) is 37.7 Å². The third-order valence-corrected chi connectivity index (χ3v) is 6.42. The normalized spacial score (nSPS) is 17.9. The highest BCUT2D eigenvalue weighted by Gasteiger charge is 2.25. The van der Waals surface area contributed by atoms with Crippen molar-refractivity contribution in [1.82, 2.24) is 30.5 Å². The average molecular weight is 462 g/mol. The van der Waals surface area contributed by atoms with Crippen LogP contribution in [-0.2, 0) is 24.3 Å². The molecule has 4 rings (SSSR count). The molecule has 0 unspecified atom stereocenters. The van der Waals surface area contributed by atoms with Crippen molar-refractivity contribution in [3.05, 3.63) is 58.9 Å². The van der Waals surface area contributed by atoms with E-state index in [0.29, 0.717) is 41.8 Å². The van der Waals surface area contributed by atoms with Gasteiger partial charge in [0.25, 0.3) is 5.91 Å². The summed E-state index contributed by atoms with van der Waals surface area (Å²) >= 11 is 0. The molecular formula is C25H31N7O2. The molecule has 2 amide bonds. The molecule has 1 fully saturated rings. The van der Waals surface area contributed by atoms with Crippen molar-refractivity contribution in [2.75, 3.05) is 0 Å². The van der Waals surface area contributed by atoms with E-state index >= 15 is 0 Å². The van der Waals surface area contributed by atoms with E-state index in [1.165, 1.54) is 5.56 Å². The lowest BCUT2D eigenvalue weighted by atomic mass is 9.82. The Morgan fingerprint density at radius 2 is 1.88 bits per heavy atom. The third-order valence-electron chi connectivity index (χ3n) is 6.42. The van der Waals surface area contributed by atoms with Crippen molar-refractivity contribution in [1.29, 1.82) is 0 Å². The van der Waals surface area contributed by atoms with E-state index in [1.54, 1.807) is 10.9 Å². The van der Waals surface area contributed by atoms with E-state index in [1.807, 2.05) is 25.1 Å². The molecule has 0 spiro atoms. The number of rotatable bonds is 8. The van der Waals surface area contributed by atoms with Crippen LogP contribution in [-0.4, -0.2) is 37.0 Å². The average Bonchev–Trinajstić information content (AvgIpc) is 3.31. The Morgan fingerprint density at radius 3 is 2.62 bits per heavy atom. The highest BCUT2D eigenvalue weighted by molar-refractivity contribution is 5.93. The number of nitrogens with two attached hydrogens (primary N) is 1. The predicted molar refractivity (Wildman–Crippen MR) is 127 cm³/mol. The van der Waals surface area contributed by atoms with Crippen LogP contribution in [0.4, 0.5) is 0 Å². The molecule has 2 heterocycles. The zero-order chi connectivity index (χ0) is 24.1. The molecule has 0 bridgehead atoms. The summed E-state index contributed by atoms with van der Waals surface area (Å²) in [6.07, 6.45) is 4.42. The maximum atomic E-state index is 12.8.